The molecule has 0 aliphatic carbocycles. The molecule has 0 fully saturated rings. The molecule has 56 valence electrons. The van der Waals surface area contributed by atoms with E-state index in [0.717, 1.165) is 10.9 Å². The Hall–Kier alpha value is -1.38. The van der Waals surface area contributed by atoms with E-state index in [-0.39, 0.29) is 0 Å². The molecule has 11 heavy (non-hydrogen) atoms. The van der Waals surface area contributed by atoms with Gasteiger partial charge in [0.2, 0.25) is 0 Å². The van der Waals surface area contributed by atoms with Crippen LogP contribution in [0.3, 0.4) is 0 Å². The van der Waals surface area contributed by atoms with Crippen LogP contribution in [0.1, 0.15) is 0 Å². The lowest BCUT2D eigenvalue weighted by atomic mass is 10.3. The van der Waals surface area contributed by atoms with Crippen LogP contribution in [0.2, 0.25) is 0 Å². The first-order chi connectivity index (χ1) is 5.40. The van der Waals surface area contributed by atoms with E-state index in [1.165, 1.54) is 4.68 Å². The minimum absolute atomic E-state index is 0.561. The summed E-state index contributed by atoms with van der Waals surface area (Å²) in [6, 6.07) is 7.57. The number of hydrogen-bond acceptors (Lipinski definition) is 1. The highest BCUT2D eigenvalue weighted by Gasteiger charge is 1.96. The minimum atomic E-state index is -0.561. The Morgan fingerprint density at radius 3 is 2.91 bits per heavy atom. The molecule has 2 rings (SSSR count). The SMILES string of the molecule is FCn1cc2ccccc2n1. The van der Waals surface area contributed by atoms with Crippen LogP contribution in [-0.4, -0.2) is 9.78 Å². The Morgan fingerprint density at radius 1 is 1.36 bits per heavy atom. The summed E-state index contributed by atoms with van der Waals surface area (Å²) in [6.45, 7) is -0.561. The molecule has 0 saturated carbocycles. The largest absolute Gasteiger partial charge is 0.241 e. The smallest absolute Gasteiger partial charge is 0.181 e. The fourth-order valence-electron chi connectivity index (χ4n) is 1.08. The summed E-state index contributed by atoms with van der Waals surface area (Å²) >= 11 is 0. The second-order valence-electron chi connectivity index (χ2n) is 2.35. The molecule has 0 N–H and O–H groups in total. The van der Waals surface area contributed by atoms with Gasteiger partial charge in [-0.2, -0.15) is 5.10 Å². The van der Waals surface area contributed by atoms with Crippen LogP contribution in [-0.2, 0) is 6.80 Å². The van der Waals surface area contributed by atoms with Gasteiger partial charge in [0.05, 0.1) is 5.52 Å². The number of fused-ring (bicyclic) bond motifs is 1. The summed E-state index contributed by atoms with van der Waals surface area (Å²) in [7, 11) is 0. The van der Waals surface area contributed by atoms with Crippen molar-refractivity contribution in [3.05, 3.63) is 30.5 Å². The van der Waals surface area contributed by atoms with Gasteiger partial charge in [0.15, 0.2) is 6.80 Å². The molecule has 0 bridgehead atoms. The van der Waals surface area contributed by atoms with Crippen molar-refractivity contribution in [2.45, 2.75) is 6.80 Å². The third-order valence-electron chi connectivity index (χ3n) is 1.58. The molecular weight excluding hydrogens is 143 g/mol. The maximum Gasteiger partial charge on any atom is 0.181 e. The van der Waals surface area contributed by atoms with Gasteiger partial charge in [-0.15, -0.1) is 0 Å². The van der Waals surface area contributed by atoms with Crippen molar-refractivity contribution in [1.29, 1.82) is 0 Å². The Kier molecular flexibility index (Phi) is 1.35. The Balaban J connectivity index is 2.69. The van der Waals surface area contributed by atoms with Crippen LogP contribution in [0.4, 0.5) is 4.39 Å². The first kappa shape index (κ1) is 6.34. The number of benzene rings is 1. The van der Waals surface area contributed by atoms with E-state index in [4.69, 9.17) is 0 Å². The summed E-state index contributed by atoms with van der Waals surface area (Å²) in [4.78, 5) is 0. The van der Waals surface area contributed by atoms with Gasteiger partial charge >= 0.3 is 0 Å². The predicted octanol–water partition coefficient (Wildman–Crippen LogP) is 1.96. The molecule has 0 amide bonds. The average molecular weight is 150 g/mol. The highest BCUT2D eigenvalue weighted by Crippen LogP contribution is 2.10. The zero-order valence-electron chi connectivity index (χ0n) is 5.87. The molecule has 0 unspecified atom stereocenters. The number of rotatable bonds is 1. The van der Waals surface area contributed by atoms with Gasteiger partial charge in [-0.3, -0.25) is 0 Å². The fourth-order valence-corrected chi connectivity index (χ4v) is 1.08. The van der Waals surface area contributed by atoms with Crippen LogP contribution in [0.25, 0.3) is 10.9 Å². The minimum Gasteiger partial charge on any atom is -0.241 e. The topological polar surface area (TPSA) is 17.8 Å². The summed E-state index contributed by atoms with van der Waals surface area (Å²) in [5, 5.41) is 4.95. The van der Waals surface area contributed by atoms with E-state index in [0.29, 0.717) is 0 Å². The Bertz CT molecular complexity index is 334. The van der Waals surface area contributed by atoms with Gasteiger partial charge in [0.1, 0.15) is 0 Å². The van der Waals surface area contributed by atoms with E-state index >= 15 is 0 Å². The average Bonchev–Trinajstić information content (AvgIpc) is 2.46. The van der Waals surface area contributed by atoms with Gasteiger partial charge in [0.25, 0.3) is 0 Å². The fraction of sp³-hybridized carbons (Fsp3) is 0.125. The number of hydrogen-bond donors (Lipinski definition) is 0. The van der Waals surface area contributed by atoms with E-state index < -0.39 is 6.80 Å². The number of alkyl halides is 1. The molecule has 1 aromatic carbocycles. The zero-order valence-corrected chi connectivity index (χ0v) is 5.87. The maximum absolute atomic E-state index is 12.1. The van der Waals surface area contributed by atoms with Crippen LogP contribution in [0, 0.1) is 0 Å². The first-order valence-corrected chi connectivity index (χ1v) is 3.38. The maximum atomic E-state index is 12.1. The molecule has 2 aromatic rings. The lowest BCUT2D eigenvalue weighted by molar-refractivity contribution is 0.351. The molecule has 0 saturated heterocycles. The number of halogens is 1. The quantitative estimate of drug-likeness (QED) is 0.607. The lowest BCUT2D eigenvalue weighted by Crippen LogP contribution is -1.90. The molecule has 0 atom stereocenters. The Labute approximate surface area is 63.3 Å². The van der Waals surface area contributed by atoms with Crippen molar-refractivity contribution in [3.63, 3.8) is 0 Å². The van der Waals surface area contributed by atoms with E-state index in [1.807, 2.05) is 24.3 Å². The third-order valence-corrected chi connectivity index (χ3v) is 1.58. The second-order valence-corrected chi connectivity index (χ2v) is 2.35. The van der Waals surface area contributed by atoms with Gasteiger partial charge in [-0.05, 0) is 6.07 Å². The lowest BCUT2D eigenvalue weighted by Gasteiger charge is -1.85. The van der Waals surface area contributed by atoms with Crippen molar-refractivity contribution < 1.29 is 4.39 Å². The number of nitrogens with zero attached hydrogens (tertiary/aromatic N) is 2. The normalized spacial score (nSPS) is 10.6. The van der Waals surface area contributed by atoms with Crippen LogP contribution in [0.5, 0.6) is 0 Å². The predicted molar refractivity (Wildman–Crippen MR) is 40.8 cm³/mol. The zero-order chi connectivity index (χ0) is 7.68. The summed E-state index contributed by atoms with van der Waals surface area (Å²) in [5.74, 6) is 0. The molecule has 0 aliphatic rings. The van der Waals surface area contributed by atoms with Crippen molar-refractivity contribution >= 4 is 10.9 Å². The van der Waals surface area contributed by atoms with Gasteiger partial charge in [-0.25, -0.2) is 9.07 Å². The Morgan fingerprint density at radius 2 is 2.18 bits per heavy atom. The molecule has 0 radical (unpaired) electrons. The highest BCUT2D eigenvalue weighted by molar-refractivity contribution is 5.77. The standard InChI is InChI=1S/C8H7FN2/c9-6-11-5-7-3-1-2-4-8(7)10-11/h1-5H,6H2. The van der Waals surface area contributed by atoms with E-state index in [9.17, 15) is 4.39 Å². The van der Waals surface area contributed by atoms with Gasteiger partial charge < -0.3 is 0 Å². The molecule has 0 spiro atoms. The van der Waals surface area contributed by atoms with Crippen LogP contribution < -0.4 is 0 Å². The molecule has 3 heteroatoms. The first-order valence-electron chi connectivity index (χ1n) is 3.38. The summed E-state index contributed by atoms with van der Waals surface area (Å²) in [5.41, 5.74) is 0.838. The monoisotopic (exact) mass is 150 g/mol. The molecule has 0 aliphatic heterocycles. The summed E-state index contributed by atoms with van der Waals surface area (Å²) in [6.07, 6.45) is 1.69. The molecule has 1 heterocycles. The summed E-state index contributed by atoms with van der Waals surface area (Å²) < 4.78 is 13.3. The van der Waals surface area contributed by atoms with Crippen molar-refractivity contribution in [3.8, 4) is 0 Å². The van der Waals surface area contributed by atoms with Crippen LogP contribution in [0.15, 0.2) is 30.5 Å². The molecule has 2 nitrogen and oxygen atoms in total. The van der Waals surface area contributed by atoms with E-state index in [2.05, 4.69) is 5.10 Å². The molecular formula is C8H7FN2. The van der Waals surface area contributed by atoms with Crippen LogP contribution >= 0.6 is 0 Å². The van der Waals surface area contributed by atoms with Crippen molar-refractivity contribution in [2.75, 3.05) is 0 Å². The van der Waals surface area contributed by atoms with Gasteiger partial charge in [0, 0.05) is 11.6 Å². The number of aromatic nitrogens is 2. The van der Waals surface area contributed by atoms with Gasteiger partial charge in [-0.1, -0.05) is 18.2 Å². The van der Waals surface area contributed by atoms with E-state index in [1.54, 1.807) is 6.20 Å². The van der Waals surface area contributed by atoms with Crippen molar-refractivity contribution in [1.82, 2.24) is 9.78 Å². The molecule has 1 aromatic heterocycles. The second kappa shape index (κ2) is 2.34. The highest BCUT2D eigenvalue weighted by atomic mass is 19.1. The van der Waals surface area contributed by atoms with Crippen molar-refractivity contribution in [2.24, 2.45) is 0 Å². The third kappa shape index (κ3) is 0.981.